The van der Waals surface area contributed by atoms with Crippen LogP contribution in [0.1, 0.15) is 30.9 Å². The molecule has 1 amide bonds. The molecule has 132 valence electrons. The van der Waals surface area contributed by atoms with Crippen molar-refractivity contribution in [1.29, 1.82) is 0 Å². The summed E-state index contributed by atoms with van der Waals surface area (Å²) in [6.45, 7) is 4.27. The molecule has 25 heavy (non-hydrogen) atoms. The van der Waals surface area contributed by atoms with Crippen molar-refractivity contribution in [2.24, 2.45) is 5.10 Å². The fourth-order valence-corrected chi connectivity index (χ4v) is 2.53. The van der Waals surface area contributed by atoms with E-state index in [1.807, 2.05) is 38.1 Å². The monoisotopic (exact) mass is 378 g/mol. The number of amides is 1. The lowest BCUT2D eigenvalue weighted by atomic mass is 10.1. The maximum Gasteiger partial charge on any atom is 0.240 e. The minimum absolute atomic E-state index is 0.155. The number of aryl methyl sites for hydroxylation is 1. The first-order valence-corrected chi connectivity index (χ1v) is 8.69. The van der Waals surface area contributed by atoms with Crippen molar-refractivity contribution in [3.05, 3.63) is 63.6 Å². The highest BCUT2D eigenvalue weighted by Gasteiger charge is 2.04. The molecular formula is C19H20Cl2N2O2. The van der Waals surface area contributed by atoms with Crippen LogP contribution in [0.3, 0.4) is 0 Å². The number of nitrogens with zero attached hydrogens (tertiary/aromatic N) is 1. The molecule has 2 rings (SSSR count). The van der Waals surface area contributed by atoms with Gasteiger partial charge < -0.3 is 4.74 Å². The van der Waals surface area contributed by atoms with E-state index in [4.69, 9.17) is 27.9 Å². The third kappa shape index (κ3) is 6.40. The van der Waals surface area contributed by atoms with Crippen molar-refractivity contribution in [1.82, 2.24) is 5.43 Å². The van der Waals surface area contributed by atoms with Gasteiger partial charge in [0.1, 0.15) is 5.75 Å². The molecule has 0 bridgehead atoms. The Morgan fingerprint density at radius 3 is 2.56 bits per heavy atom. The molecule has 2 aromatic carbocycles. The highest BCUT2D eigenvalue weighted by molar-refractivity contribution is 6.35. The molecule has 1 N–H and O–H groups in total. The lowest BCUT2D eigenvalue weighted by molar-refractivity contribution is -0.121. The first-order valence-electron chi connectivity index (χ1n) is 7.94. The quantitative estimate of drug-likeness (QED) is 0.418. The van der Waals surface area contributed by atoms with Crippen molar-refractivity contribution < 1.29 is 9.53 Å². The molecule has 0 saturated heterocycles. The van der Waals surface area contributed by atoms with E-state index in [1.165, 1.54) is 5.56 Å². The van der Waals surface area contributed by atoms with Crippen molar-refractivity contribution >= 4 is 34.8 Å². The zero-order valence-corrected chi connectivity index (χ0v) is 15.7. The second-order valence-electron chi connectivity index (χ2n) is 5.62. The van der Waals surface area contributed by atoms with Crippen molar-refractivity contribution in [2.45, 2.75) is 26.7 Å². The highest BCUT2D eigenvalue weighted by Crippen LogP contribution is 2.27. The topological polar surface area (TPSA) is 50.7 Å². The molecule has 0 saturated carbocycles. The minimum Gasteiger partial charge on any atom is -0.492 e. The van der Waals surface area contributed by atoms with Crippen LogP contribution in [0, 0.1) is 6.92 Å². The molecule has 0 unspecified atom stereocenters. The Hall–Kier alpha value is -2.04. The number of carbonyl (C=O) groups excluding carboxylic acids is 1. The van der Waals surface area contributed by atoms with Crippen molar-refractivity contribution in [2.75, 3.05) is 6.61 Å². The molecule has 0 aliphatic carbocycles. The predicted octanol–water partition coefficient (Wildman–Crippen LogP) is 5.00. The van der Waals surface area contributed by atoms with Gasteiger partial charge >= 0.3 is 0 Å². The molecule has 0 aliphatic heterocycles. The Bertz CT molecular complexity index is 759. The average molecular weight is 379 g/mol. The lowest BCUT2D eigenvalue weighted by Crippen LogP contribution is -2.19. The van der Waals surface area contributed by atoms with E-state index in [-0.39, 0.29) is 5.91 Å². The summed E-state index contributed by atoms with van der Waals surface area (Å²) >= 11 is 11.8. The van der Waals surface area contributed by atoms with Gasteiger partial charge in [0.15, 0.2) is 0 Å². The number of hydrazone groups is 1. The molecule has 4 nitrogen and oxygen atoms in total. The molecule has 0 heterocycles. The van der Waals surface area contributed by atoms with Crippen LogP contribution in [-0.4, -0.2) is 18.2 Å². The predicted molar refractivity (Wildman–Crippen MR) is 103 cm³/mol. The summed E-state index contributed by atoms with van der Waals surface area (Å²) in [5.74, 6) is 0.400. The maximum atomic E-state index is 11.8. The van der Waals surface area contributed by atoms with E-state index in [2.05, 4.69) is 10.5 Å². The summed E-state index contributed by atoms with van der Waals surface area (Å²) in [7, 11) is 0. The van der Waals surface area contributed by atoms with E-state index in [0.29, 0.717) is 35.2 Å². The third-order valence-corrected chi connectivity index (χ3v) is 4.05. The van der Waals surface area contributed by atoms with Crippen LogP contribution in [0.15, 0.2) is 47.6 Å². The summed E-state index contributed by atoms with van der Waals surface area (Å²) in [5, 5.41) is 5.13. The molecular weight excluding hydrogens is 359 g/mol. The molecule has 2 aromatic rings. The van der Waals surface area contributed by atoms with Gasteiger partial charge in [0, 0.05) is 11.4 Å². The van der Waals surface area contributed by atoms with Gasteiger partial charge in [-0.3, -0.25) is 4.79 Å². The summed E-state index contributed by atoms with van der Waals surface area (Å²) < 4.78 is 5.54. The summed E-state index contributed by atoms with van der Waals surface area (Å²) in [4.78, 5) is 11.8. The van der Waals surface area contributed by atoms with Gasteiger partial charge in [0.25, 0.3) is 0 Å². The largest absolute Gasteiger partial charge is 0.492 e. The summed E-state index contributed by atoms with van der Waals surface area (Å²) in [6, 6.07) is 13.0. The molecule has 0 aliphatic rings. The number of hydrogen-bond acceptors (Lipinski definition) is 3. The van der Waals surface area contributed by atoms with E-state index < -0.39 is 0 Å². The number of carbonyl (C=O) groups is 1. The van der Waals surface area contributed by atoms with Crippen LogP contribution in [0.4, 0.5) is 0 Å². The van der Waals surface area contributed by atoms with Gasteiger partial charge in [-0.15, -0.1) is 0 Å². The van der Waals surface area contributed by atoms with Gasteiger partial charge in [-0.2, -0.15) is 5.10 Å². The van der Waals surface area contributed by atoms with Crippen LogP contribution in [0.5, 0.6) is 5.75 Å². The Morgan fingerprint density at radius 1 is 1.16 bits per heavy atom. The average Bonchev–Trinajstić information content (AvgIpc) is 2.58. The van der Waals surface area contributed by atoms with Gasteiger partial charge in [-0.25, -0.2) is 5.43 Å². The van der Waals surface area contributed by atoms with Crippen LogP contribution < -0.4 is 10.2 Å². The number of hydrogen-bond donors (Lipinski definition) is 1. The van der Waals surface area contributed by atoms with Crippen LogP contribution in [-0.2, 0) is 4.79 Å². The zero-order valence-electron chi connectivity index (χ0n) is 14.2. The summed E-state index contributed by atoms with van der Waals surface area (Å²) in [6.07, 6.45) is 0.875. The lowest BCUT2D eigenvalue weighted by Gasteiger charge is -2.08. The number of ether oxygens (including phenoxy) is 1. The van der Waals surface area contributed by atoms with Crippen LogP contribution >= 0.6 is 23.2 Å². The third-order valence-electron chi connectivity index (χ3n) is 3.52. The molecule has 0 spiro atoms. The molecule has 0 atom stereocenters. The number of nitrogens with one attached hydrogen (secondary N) is 1. The van der Waals surface area contributed by atoms with E-state index in [9.17, 15) is 4.79 Å². The van der Waals surface area contributed by atoms with Crippen molar-refractivity contribution in [3.8, 4) is 5.75 Å². The normalized spacial score (nSPS) is 11.3. The van der Waals surface area contributed by atoms with E-state index in [1.54, 1.807) is 18.2 Å². The second kappa shape index (κ2) is 9.44. The zero-order chi connectivity index (χ0) is 18.2. The second-order valence-corrected chi connectivity index (χ2v) is 6.47. The summed E-state index contributed by atoms with van der Waals surface area (Å²) in [5.41, 5.74) is 5.48. The number of halogens is 2. The Kier molecular flexibility index (Phi) is 7.29. The molecule has 0 fully saturated rings. The Balaban J connectivity index is 1.73. The Labute approximate surface area is 157 Å². The maximum absolute atomic E-state index is 11.8. The smallest absolute Gasteiger partial charge is 0.240 e. The van der Waals surface area contributed by atoms with Gasteiger partial charge in [-0.1, -0.05) is 53.0 Å². The van der Waals surface area contributed by atoms with Crippen LogP contribution in [0.2, 0.25) is 10.0 Å². The minimum atomic E-state index is -0.155. The van der Waals surface area contributed by atoms with Gasteiger partial charge in [0.05, 0.1) is 17.3 Å². The first-order chi connectivity index (χ1) is 12.0. The highest BCUT2D eigenvalue weighted by atomic mass is 35.5. The Morgan fingerprint density at radius 2 is 1.88 bits per heavy atom. The number of benzene rings is 2. The SMILES string of the molecule is CC(=NNC(=O)CCCOc1ccc(Cl)cc1Cl)c1ccc(C)cc1. The van der Waals surface area contributed by atoms with Crippen LogP contribution in [0.25, 0.3) is 0 Å². The fourth-order valence-electron chi connectivity index (χ4n) is 2.07. The standard InChI is InChI=1S/C19H20Cl2N2O2/c1-13-5-7-15(8-6-13)14(2)22-23-19(24)4-3-11-25-18-10-9-16(20)12-17(18)21/h5-10,12H,3-4,11H2,1-2H3,(H,23,24). The molecule has 0 radical (unpaired) electrons. The van der Waals surface area contributed by atoms with Crippen molar-refractivity contribution in [3.63, 3.8) is 0 Å². The molecule has 6 heteroatoms. The van der Waals surface area contributed by atoms with Gasteiger partial charge in [-0.05, 0) is 44.0 Å². The fraction of sp³-hybridized carbons (Fsp3) is 0.263. The van der Waals surface area contributed by atoms with E-state index in [0.717, 1.165) is 11.3 Å². The first kappa shape index (κ1) is 19.3. The number of rotatable bonds is 7. The van der Waals surface area contributed by atoms with E-state index >= 15 is 0 Å². The molecule has 0 aromatic heterocycles. The van der Waals surface area contributed by atoms with Gasteiger partial charge in [0.2, 0.25) is 5.91 Å².